The van der Waals surface area contributed by atoms with Crippen molar-refractivity contribution in [2.75, 3.05) is 5.73 Å². The van der Waals surface area contributed by atoms with Gasteiger partial charge in [-0.2, -0.15) is 15.0 Å². The van der Waals surface area contributed by atoms with Crippen molar-refractivity contribution in [3.63, 3.8) is 0 Å². The summed E-state index contributed by atoms with van der Waals surface area (Å²) in [5.74, 6) is 1.52. The second kappa shape index (κ2) is 8.05. The maximum atomic E-state index is 6.20. The average Bonchev–Trinajstić information content (AvgIpc) is 3.44. The number of pyridine rings is 2. The number of nitrogens with two attached hydrogens (primary N) is 1. The molecule has 0 radical (unpaired) electrons. The van der Waals surface area contributed by atoms with Crippen molar-refractivity contribution < 1.29 is 0 Å². The molecule has 1 aromatic carbocycles. The molecule has 2 N–H and O–H groups in total. The molecule has 0 aliphatic carbocycles. The molecule has 0 spiro atoms. The predicted octanol–water partition coefficient (Wildman–Crippen LogP) is 4.64. The van der Waals surface area contributed by atoms with Gasteiger partial charge in [-0.05, 0) is 55.8 Å². The fourth-order valence-electron chi connectivity index (χ4n) is 3.51. The fourth-order valence-corrected chi connectivity index (χ4v) is 3.69. The van der Waals surface area contributed by atoms with Gasteiger partial charge >= 0.3 is 0 Å². The Labute approximate surface area is 189 Å². The van der Waals surface area contributed by atoms with E-state index in [1.54, 1.807) is 17.2 Å². The van der Waals surface area contributed by atoms with Crippen molar-refractivity contribution in [3.05, 3.63) is 66.5 Å². The molecule has 0 fully saturated rings. The van der Waals surface area contributed by atoms with Crippen LogP contribution in [0.25, 0.3) is 39.6 Å². The third-order valence-electron chi connectivity index (χ3n) is 5.17. The molecule has 0 amide bonds. The number of halogens is 1. The summed E-state index contributed by atoms with van der Waals surface area (Å²) in [7, 11) is 0. The molecule has 0 aliphatic rings. The van der Waals surface area contributed by atoms with Gasteiger partial charge in [-0.25, -0.2) is 15.0 Å². The van der Waals surface area contributed by atoms with Gasteiger partial charge < -0.3 is 5.73 Å². The molecular formula is C23H21ClN8. The lowest BCUT2D eigenvalue weighted by molar-refractivity contribution is 0.467. The Hall–Kier alpha value is -3.78. The number of alkyl halides is 1. The van der Waals surface area contributed by atoms with Crippen LogP contribution in [0, 0.1) is 0 Å². The molecule has 4 heterocycles. The smallest absolute Gasteiger partial charge is 0.165 e. The zero-order valence-corrected chi connectivity index (χ0v) is 18.4. The minimum atomic E-state index is 0.165. The predicted molar refractivity (Wildman–Crippen MR) is 125 cm³/mol. The highest BCUT2D eigenvalue weighted by atomic mass is 35.5. The zero-order chi connectivity index (χ0) is 22.2. The van der Waals surface area contributed by atoms with Gasteiger partial charge in [0.15, 0.2) is 11.5 Å². The molecule has 0 bridgehead atoms. The van der Waals surface area contributed by atoms with Crippen LogP contribution in [0.5, 0.6) is 0 Å². The summed E-state index contributed by atoms with van der Waals surface area (Å²) in [6, 6.07) is 15.7. The first-order valence-corrected chi connectivity index (χ1v) is 10.8. The summed E-state index contributed by atoms with van der Waals surface area (Å²) < 4.78 is 1.98. The SMILES string of the molecule is CC(C)n1ncc(-c2ccc3nc(-c4cccnc4N)n(-c4ccc(CCl)cc4)c3n2)n1. The molecule has 0 saturated carbocycles. The number of fused-ring (bicyclic) bond motifs is 1. The highest BCUT2D eigenvalue weighted by Gasteiger charge is 2.19. The maximum Gasteiger partial charge on any atom is 0.165 e. The number of nitrogens with zero attached hydrogens (tertiary/aromatic N) is 7. The summed E-state index contributed by atoms with van der Waals surface area (Å²) in [4.78, 5) is 15.7. The van der Waals surface area contributed by atoms with Crippen LogP contribution in [0.1, 0.15) is 25.5 Å². The number of rotatable bonds is 5. The molecule has 8 nitrogen and oxygen atoms in total. The highest BCUT2D eigenvalue weighted by molar-refractivity contribution is 6.17. The minimum Gasteiger partial charge on any atom is -0.383 e. The Morgan fingerprint density at radius 3 is 2.50 bits per heavy atom. The van der Waals surface area contributed by atoms with E-state index in [9.17, 15) is 0 Å². The van der Waals surface area contributed by atoms with Crippen LogP contribution in [0.3, 0.4) is 0 Å². The van der Waals surface area contributed by atoms with Crippen molar-refractivity contribution in [1.29, 1.82) is 0 Å². The highest BCUT2D eigenvalue weighted by Crippen LogP contribution is 2.31. The van der Waals surface area contributed by atoms with Crippen molar-refractivity contribution >= 4 is 28.6 Å². The van der Waals surface area contributed by atoms with Gasteiger partial charge in [0, 0.05) is 17.8 Å². The molecule has 0 aliphatic heterocycles. The molecule has 0 unspecified atom stereocenters. The standard InChI is InChI=1S/C23H21ClN8/c1-14(2)32-27-13-20(30-32)18-9-10-19-23(28-18)31(16-7-5-15(12-24)6-8-16)22(29-19)17-4-3-11-26-21(17)25/h3-11,13-14H,12H2,1-2H3,(H2,25,26). The molecule has 5 rings (SSSR count). The van der Waals surface area contributed by atoms with E-state index in [4.69, 9.17) is 27.3 Å². The van der Waals surface area contributed by atoms with Gasteiger partial charge in [-0.1, -0.05) is 12.1 Å². The van der Waals surface area contributed by atoms with Crippen LogP contribution in [0.2, 0.25) is 0 Å². The first-order valence-electron chi connectivity index (χ1n) is 10.2. The lowest BCUT2D eigenvalue weighted by Crippen LogP contribution is -2.04. The number of hydrogen-bond donors (Lipinski definition) is 1. The molecule has 0 atom stereocenters. The van der Waals surface area contributed by atoms with Crippen molar-refractivity contribution in [2.24, 2.45) is 0 Å². The van der Waals surface area contributed by atoms with Crippen LogP contribution < -0.4 is 5.73 Å². The molecular weight excluding hydrogens is 424 g/mol. The van der Waals surface area contributed by atoms with E-state index in [2.05, 4.69) is 15.2 Å². The van der Waals surface area contributed by atoms with Crippen LogP contribution >= 0.6 is 11.6 Å². The van der Waals surface area contributed by atoms with Crippen molar-refractivity contribution in [2.45, 2.75) is 25.8 Å². The zero-order valence-electron chi connectivity index (χ0n) is 17.6. The van der Waals surface area contributed by atoms with Crippen molar-refractivity contribution in [3.8, 4) is 28.5 Å². The number of imidazole rings is 1. The Morgan fingerprint density at radius 1 is 1.00 bits per heavy atom. The lowest BCUT2D eigenvalue weighted by Gasteiger charge is -2.11. The van der Waals surface area contributed by atoms with E-state index in [1.807, 2.05) is 66.9 Å². The van der Waals surface area contributed by atoms with Gasteiger partial charge in [0.25, 0.3) is 0 Å². The van der Waals surface area contributed by atoms with Crippen LogP contribution in [-0.2, 0) is 5.88 Å². The van der Waals surface area contributed by atoms with Gasteiger partial charge in [0.1, 0.15) is 17.0 Å². The molecule has 4 aromatic heterocycles. The maximum absolute atomic E-state index is 6.20. The second-order valence-corrected chi connectivity index (χ2v) is 7.96. The topological polar surface area (TPSA) is 100 Å². The number of hydrogen-bond acceptors (Lipinski definition) is 6. The van der Waals surface area contributed by atoms with Crippen molar-refractivity contribution in [1.82, 2.24) is 34.5 Å². The van der Waals surface area contributed by atoms with Crippen LogP contribution in [0.4, 0.5) is 5.82 Å². The third kappa shape index (κ3) is 3.48. The Bertz CT molecular complexity index is 1400. The normalized spacial score (nSPS) is 11.5. The van der Waals surface area contributed by atoms with Gasteiger partial charge in [-0.3, -0.25) is 4.57 Å². The number of aromatic nitrogens is 7. The van der Waals surface area contributed by atoms with Gasteiger partial charge in [-0.15, -0.1) is 11.6 Å². The first kappa shape index (κ1) is 20.1. The van der Waals surface area contributed by atoms with Gasteiger partial charge in [0.2, 0.25) is 0 Å². The van der Waals surface area contributed by atoms with E-state index >= 15 is 0 Å². The summed E-state index contributed by atoms with van der Waals surface area (Å²) in [5, 5.41) is 8.90. The van der Waals surface area contributed by atoms with E-state index in [0.29, 0.717) is 34.6 Å². The number of anilines is 1. The van der Waals surface area contributed by atoms with E-state index in [0.717, 1.165) is 22.3 Å². The molecule has 32 heavy (non-hydrogen) atoms. The largest absolute Gasteiger partial charge is 0.383 e. The average molecular weight is 445 g/mol. The molecule has 5 aromatic rings. The van der Waals surface area contributed by atoms with Gasteiger partial charge in [0.05, 0.1) is 23.5 Å². The summed E-state index contributed by atoms with van der Waals surface area (Å²) in [6.45, 7) is 4.06. The van der Waals surface area contributed by atoms with E-state index in [1.165, 1.54) is 0 Å². The van der Waals surface area contributed by atoms with E-state index < -0.39 is 0 Å². The Morgan fingerprint density at radius 2 is 1.81 bits per heavy atom. The summed E-state index contributed by atoms with van der Waals surface area (Å²) >= 11 is 5.99. The summed E-state index contributed by atoms with van der Waals surface area (Å²) in [5.41, 5.74) is 11.7. The fraction of sp³-hybridized carbons (Fsp3) is 0.174. The Kier molecular flexibility index (Phi) is 5.07. The number of nitrogen functional groups attached to an aromatic ring is 1. The first-order chi connectivity index (χ1) is 15.5. The molecule has 0 saturated heterocycles. The van der Waals surface area contributed by atoms with Crippen LogP contribution in [0.15, 0.2) is 60.9 Å². The minimum absolute atomic E-state index is 0.165. The Balaban J connectivity index is 1.74. The molecule has 9 heteroatoms. The lowest BCUT2D eigenvalue weighted by atomic mass is 10.2. The monoisotopic (exact) mass is 444 g/mol. The summed E-state index contributed by atoms with van der Waals surface area (Å²) in [6.07, 6.45) is 3.39. The quantitative estimate of drug-likeness (QED) is 0.396. The molecule has 160 valence electrons. The number of benzene rings is 1. The third-order valence-corrected chi connectivity index (χ3v) is 5.47. The second-order valence-electron chi connectivity index (χ2n) is 7.69. The van der Waals surface area contributed by atoms with Crippen LogP contribution in [-0.4, -0.2) is 34.5 Å². The van der Waals surface area contributed by atoms with E-state index in [-0.39, 0.29) is 6.04 Å².